The van der Waals surface area contributed by atoms with Crippen molar-refractivity contribution in [3.8, 4) is 5.75 Å². The van der Waals surface area contributed by atoms with Crippen LogP contribution in [0, 0.1) is 0 Å². The number of aromatic nitrogens is 1. The van der Waals surface area contributed by atoms with Crippen molar-refractivity contribution >= 4 is 48.5 Å². The van der Waals surface area contributed by atoms with Gasteiger partial charge >= 0.3 is 0 Å². The topological polar surface area (TPSA) is 51.2 Å². The van der Waals surface area contributed by atoms with Gasteiger partial charge in [-0.05, 0) is 54.8 Å². The van der Waals surface area contributed by atoms with Gasteiger partial charge in [0.15, 0.2) is 11.7 Å². The molecule has 130 valence electrons. The van der Waals surface area contributed by atoms with Gasteiger partial charge in [-0.3, -0.25) is 10.1 Å². The van der Waals surface area contributed by atoms with Crippen molar-refractivity contribution in [1.82, 2.24) is 4.98 Å². The third kappa shape index (κ3) is 5.03. The van der Waals surface area contributed by atoms with E-state index in [0.717, 1.165) is 21.1 Å². The van der Waals surface area contributed by atoms with Gasteiger partial charge in [0.05, 0.1) is 10.2 Å². The largest absolute Gasteiger partial charge is 0.484 e. The van der Waals surface area contributed by atoms with Crippen LogP contribution in [-0.4, -0.2) is 17.5 Å². The molecule has 3 aromatic rings. The van der Waals surface area contributed by atoms with Crippen LogP contribution in [0.4, 0.5) is 5.13 Å². The number of halogens is 1. The van der Waals surface area contributed by atoms with E-state index in [0.29, 0.717) is 10.9 Å². The lowest BCUT2D eigenvalue weighted by molar-refractivity contribution is -0.118. The van der Waals surface area contributed by atoms with Gasteiger partial charge < -0.3 is 4.74 Å². The van der Waals surface area contributed by atoms with E-state index in [1.54, 1.807) is 0 Å². The molecule has 4 nitrogen and oxygen atoms in total. The van der Waals surface area contributed by atoms with E-state index in [2.05, 4.69) is 45.3 Å². The highest BCUT2D eigenvalue weighted by atomic mass is 79.9. The van der Waals surface area contributed by atoms with Crippen molar-refractivity contribution < 1.29 is 9.53 Å². The summed E-state index contributed by atoms with van der Waals surface area (Å²) in [6, 6.07) is 13.7. The van der Waals surface area contributed by atoms with Crippen molar-refractivity contribution in [2.24, 2.45) is 0 Å². The maximum absolute atomic E-state index is 12.1. The zero-order chi connectivity index (χ0) is 17.6. The number of thiazole rings is 1. The molecule has 0 atom stereocenters. The molecule has 0 radical (unpaired) electrons. The Morgan fingerprint density at radius 2 is 2.04 bits per heavy atom. The number of carbonyl (C=O) groups is 1. The summed E-state index contributed by atoms with van der Waals surface area (Å²) < 4.78 is 7.54. The zero-order valence-electron chi connectivity index (χ0n) is 13.9. The number of carbonyl (C=O) groups excluding carboxylic acids is 1. The molecular formula is C19H19BrN2O2S. The average Bonchev–Trinajstić information content (AvgIpc) is 3.00. The van der Waals surface area contributed by atoms with Gasteiger partial charge in [-0.25, -0.2) is 4.98 Å². The summed E-state index contributed by atoms with van der Waals surface area (Å²) in [4.78, 5) is 16.5. The highest BCUT2D eigenvalue weighted by molar-refractivity contribution is 9.10. The first-order valence-corrected chi connectivity index (χ1v) is 9.82. The SMILES string of the molecule is CCCCc1ccc2nc(NC(=O)COc3ccc(Br)cc3)sc2c1. The minimum Gasteiger partial charge on any atom is -0.484 e. The predicted molar refractivity (Wildman–Crippen MR) is 106 cm³/mol. The van der Waals surface area contributed by atoms with Crippen LogP contribution in [0.5, 0.6) is 5.75 Å². The molecule has 0 saturated carbocycles. The third-order valence-electron chi connectivity index (χ3n) is 3.70. The third-order valence-corrected chi connectivity index (χ3v) is 5.16. The van der Waals surface area contributed by atoms with E-state index in [1.165, 1.54) is 29.7 Å². The van der Waals surface area contributed by atoms with Crippen molar-refractivity contribution in [1.29, 1.82) is 0 Å². The van der Waals surface area contributed by atoms with Gasteiger partial charge in [0, 0.05) is 4.47 Å². The zero-order valence-corrected chi connectivity index (χ0v) is 16.3. The van der Waals surface area contributed by atoms with Crippen LogP contribution in [0.2, 0.25) is 0 Å². The number of aryl methyl sites for hydroxylation is 1. The van der Waals surface area contributed by atoms with Crippen LogP contribution in [0.1, 0.15) is 25.3 Å². The Hall–Kier alpha value is -1.92. The lowest BCUT2D eigenvalue weighted by atomic mass is 10.1. The highest BCUT2D eigenvalue weighted by Gasteiger charge is 2.09. The molecule has 25 heavy (non-hydrogen) atoms. The van der Waals surface area contributed by atoms with Gasteiger partial charge in [0.2, 0.25) is 0 Å². The molecule has 0 bridgehead atoms. The standard InChI is InChI=1S/C19H19BrN2O2S/c1-2-3-4-13-5-10-16-17(11-13)25-19(21-16)22-18(23)12-24-15-8-6-14(20)7-9-15/h5-11H,2-4,12H2,1H3,(H,21,22,23). The predicted octanol–water partition coefficient (Wildman–Crippen LogP) is 5.42. The Kier molecular flexibility index (Phi) is 6.04. The summed E-state index contributed by atoms with van der Waals surface area (Å²) in [7, 11) is 0. The van der Waals surface area contributed by atoms with E-state index in [4.69, 9.17) is 4.74 Å². The fourth-order valence-electron chi connectivity index (χ4n) is 2.39. The van der Waals surface area contributed by atoms with Gasteiger partial charge in [-0.1, -0.05) is 46.7 Å². The number of benzene rings is 2. The Balaban J connectivity index is 1.59. The number of rotatable bonds is 7. The van der Waals surface area contributed by atoms with Gasteiger partial charge in [0.1, 0.15) is 5.75 Å². The Bertz CT molecular complexity index is 861. The van der Waals surface area contributed by atoms with Crippen molar-refractivity contribution in [3.05, 3.63) is 52.5 Å². The summed E-state index contributed by atoms with van der Waals surface area (Å²) in [5.41, 5.74) is 2.23. The molecule has 3 rings (SSSR count). The number of anilines is 1. The number of unbranched alkanes of at least 4 members (excludes halogenated alkanes) is 1. The second-order valence-corrected chi connectivity index (χ2v) is 7.66. The second-order valence-electron chi connectivity index (χ2n) is 5.72. The van der Waals surface area contributed by atoms with Crippen molar-refractivity contribution in [2.75, 3.05) is 11.9 Å². The van der Waals surface area contributed by atoms with Crippen LogP contribution >= 0.6 is 27.3 Å². The number of fused-ring (bicyclic) bond motifs is 1. The summed E-state index contributed by atoms with van der Waals surface area (Å²) in [5.74, 6) is 0.441. The molecule has 0 aliphatic heterocycles. The normalized spacial score (nSPS) is 10.8. The molecule has 0 spiro atoms. The number of hydrogen-bond donors (Lipinski definition) is 1. The minimum atomic E-state index is -0.215. The monoisotopic (exact) mass is 418 g/mol. The van der Waals surface area contributed by atoms with Crippen LogP contribution in [-0.2, 0) is 11.2 Å². The highest BCUT2D eigenvalue weighted by Crippen LogP contribution is 2.27. The lowest BCUT2D eigenvalue weighted by Crippen LogP contribution is -2.19. The van der Waals surface area contributed by atoms with Crippen LogP contribution in [0.3, 0.4) is 0 Å². The molecular weight excluding hydrogens is 400 g/mol. The molecule has 0 saturated heterocycles. The molecule has 1 amide bonds. The van der Waals surface area contributed by atoms with Gasteiger partial charge in [0.25, 0.3) is 5.91 Å². The molecule has 1 N–H and O–H groups in total. The molecule has 6 heteroatoms. The van der Waals surface area contributed by atoms with E-state index < -0.39 is 0 Å². The number of nitrogens with one attached hydrogen (secondary N) is 1. The number of nitrogens with zero attached hydrogens (tertiary/aromatic N) is 1. The minimum absolute atomic E-state index is 0.0424. The fourth-order valence-corrected chi connectivity index (χ4v) is 3.60. The molecule has 0 aliphatic rings. The molecule has 0 unspecified atom stereocenters. The first-order valence-electron chi connectivity index (χ1n) is 8.21. The van der Waals surface area contributed by atoms with E-state index in [9.17, 15) is 4.79 Å². The number of ether oxygens (including phenoxy) is 1. The molecule has 0 aliphatic carbocycles. The summed E-state index contributed by atoms with van der Waals surface area (Å²) in [5, 5.41) is 3.41. The summed E-state index contributed by atoms with van der Waals surface area (Å²) in [6.45, 7) is 2.15. The molecule has 1 heterocycles. The summed E-state index contributed by atoms with van der Waals surface area (Å²) >= 11 is 4.86. The summed E-state index contributed by atoms with van der Waals surface area (Å²) in [6.07, 6.45) is 3.44. The maximum Gasteiger partial charge on any atom is 0.264 e. The quantitative estimate of drug-likeness (QED) is 0.557. The first-order chi connectivity index (χ1) is 12.1. The van der Waals surface area contributed by atoms with Gasteiger partial charge in [-0.15, -0.1) is 0 Å². The Morgan fingerprint density at radius 1 is 1.24 bits per heavy atom. The Labute approximate surface area is 159 Å². The van der Waals surface area contributed by atoms with Gasteiger partial charge in [-0.2, -0.15) is 0 Å². The molecule has 0 fully saturated rings. The van der Waals surface area contributed by atoms with Crippen LogP contribution < -0.4 is 10.1 Å². The van der Waals surface area contributed by atoms with E-state index in [1.807, 2.05) is 30.3 Å². The molecule has 1 aromatic heterocycles. The first kappa shape index (κ1) is 17.9. The van der Waals surface area contributed by atoms with E-state index >= 15 is 0 Å². The Morgan fingerprint density at radius 3 is 2.80 bits per heavy atom. The maximum atomic E-state index is 12.1. The fraction of sp³-hybridized carbons (Fsp3) is 0.263. The van der Waals surface area contributed by atoms with E-state index in [-0.39, 0.29) is 12.5 Å². The van der Waals surface area contributed by atoms with Crippen molar-refractivity contribution in [3.63, 3.8) is 0 Å². The lowest BCUT2D eigenvalue weighted by Gasteiger charge is -2.05. The number of amides is 1. The number of hydrogen-bond acceptors (Lipinski definition) is 4. The van der Waals surface area contributed by atoms with Crippen LogP contribution in [0.25, 0.3) is 10.2 Å². The second kappa shape index (κ2) is 8.45. The smallest absolute Gasteiger partial charge is 0.264 e. The average molecular weight is 419 g/mol. The van der Waals surface area contributed by atoms with Crippen molar-refractivity contribution in [2.45, 2.75) is 26.2 Å². The van der Waals surface area contributed by atoms with Crippen LogP contribution in [0.15, 0.2) is 46.9 Å². The molecule has 2 aromatic carbocycles.